The van der Waals surface area contributed by atoms with E-state index in [4.69, 9.17) is 0 Å². The molecule has 0 atom stereocenters. The van der Waals surface area contributed by atoms with Crippen LogP contribution in [-0.2, 0) is 24.2 Å². The average Bonchev–Trinajstić information content (AvgIpc) is 3.22. The molecule has 0 fully saturated rings. The van der Waals surface area contributed by atoms with Gasteiger partial charge in [-0.3, -0.25) is 14.2 Å². The molecule has 0 aliphatic rings. The lowest BCUT2D eigenvalue weighted by Gasteiger charge is -2.13. The number of hydrogen-bond donors (Lipinski definition) is 2. The van der Waals surface area contributed by atoms with Gasteiger partial charge in [0, 0.05) is 18.3 Å². The maximum absolute atomic E-state index is 13.2. The summed E-state index contributed by atoms with van der Waals surface area (Å²) in [5, 5.41) is 13.7. The van der Waals surface area contributed by atoms with Crippen LogP contribution in [0.4, 0.5) is 0 Å². The Kier molecular flexibility index (Phi) is 6.42. The van der Waals surface area contributed by atoms with Crippen molar-refractivity contribution >= 4 is 33.4 Å². The van der Waals surface area contributed by atoms with Crippen molar-refractivity contribution in [3.8, 4) is 0 Å². The third kappa shape index (κ3) is 4.76. The molecule has 0 saturated heterocycles. The van der Waals surface area contributed by atoms with Crippen molar-refractivity contribution in [1.82, 2.24) is 14.9 Å². The highest BCUT2D eigenvalue weighted by molar-refractivity contribution is 7.17. The smallest absolute Gasteiger partial charge is 0.337 e. The summed E-state index contributed by atoms with van der Waals surface area (Å²) in [6, 6.07) is 19.3. The first-order valence-electron chi connectivity index (χ1n) is 10.1. The third-order valence-electron chi connectivity index (χ3n) is 5.09. The minimum atomic E-state index is -1.19. The van der Waals surface area contributed by atoms with Crippen molar-refractivity contribution < 1.29 is 14.7 Å². The normalized spacial score (nSPS) is 10.9. The molecule has 2 aromatic heterocycles. The molecule has 0 aliphatic carbocycles. The SMILES string of the molecule is O=C(Cn1c(Cc2ccccc2)nc2scc(C(=O)O)c2c1=O)NCCc1ccccc1. The Morgan fingerprint density at radius 3 is 2.31 bits per heavy atom. The van der Waals surface area contributed by atoms with Gasteiger partial charge in [0.15, 0.2) is 0 Å². The molecule has 7 nitrogen and oxygen atoms in total. The molecule has 0 saturated carbocycles. The van der Waals surface area contributed by atoms with E-state index in [1.807, 2.05) is 60.7 Å². The number of nitrogens with one attached hydrogen (secondary N) is 1. The van der Waals surface area contributed by atoms with Gasteiger partial charge in [-0.1, -0.05) is 60.7 Å². The Morgan fingerprint density at radius 1 is 1.00 bits per heavy atom. The van der Waals surface area contributed by atoms with Gasteiger partial charge in [0.1, 0.15) is 17.2 Å². The van der Waals surface area contributed by atoms with Crippen LogP contribution in [0.2, 0.25) is 0 Å². The molecule has 0 radical (unpaired) electrons. The molecule has 2 aromatic carbocycles. The predicted octanol–water partition coefficient (Wildman–Crippen LogP) is 3.11. The van der Waals surface area contributed by atoms with Crippen molar-refractivity contribution in [2.24, 2.45) is 0 Å². The molecule has 0 unspecified atom stereocenters. The van der Waals surface area contributed by atoms with Crippen LogP contribution in [0.3, 0.4) is 0 Å². The number of aromatic carboxylic acids is 1. The Labute approximate surface area is 188 Å². The Bertz CT molecular complexity index is 1310. The van der Waals surface area contributed by atoms with E-state index >= 15 is 0 Å². The summed E-state index contributed by atoms with van der Waals surface area (Å²) in [4.78, 5) is 42.4. The first-order valence-corrected chi connectivity index (χ1v) is 11.0. The monoisotopic (exact) mass is 447 g/mol. The highest BCUT2D eigenvalue weighted by Crippen LogP contribution is 2.22. The second kappa shape index (κ2) is 9.57. The summed E-state index contributed by atoms with van der Waals surface area (Å²) in [6.07, 6.45) is 1.02. The number of carboxylic acid groups (broad SMARTS) is 1. The van der Waals surface area contributed by atoms with Crippen LogP contribution in [0.15, 0.2) is 70.8 Å². The topological polar surface area (TPSA) is 101 Å². The Hall–Kier alpha value is -3.78. The number of carbonyl (C=O) groups excluding carboxylic acids is 1. The Balaban J connectivity index is 1.62. The van der Waals surface area contributed by atoms with E-state index < -0.39 is 11.5 Å². The molecular weight excluding hydrogens is 426 g/mol. The van der Waals surface area contributed by atoms with Crippen molar-refractivity contribution in [2.45, 2.75) is 19.4 Å². The zero-order valence-electron chi connectivity index (χ0n) is 17.2. The largest absolute Gasteiger partial charge is 0.478 e. The minimum Gasteiger partial charge on any atom is -0.478 e. The summed E-state index contributed by atoms with van der Waals surface area (Å²) in [7, 11) is 0. The number of aromatic nitrogens is 2. The summed E-state index contributed by atoms with van der Waals surface area (Å²) < 4.78 is 1.28. The number of benzene rings is 2. The van der Waals surface area contributed by atoms with Crippen LogP contribution in [0.25, 0.3) is 10.2 Å². The van der Waals surface area contributed by atoms with E-state index in [1.54, 1.807) is 0 Å². The zero-order valence-corrected chi connectivity index (χ0v) is 18.0. The number of thiophene rings is 1. The maximum atomic E-state index is 13.2. The maximum Gasteiger partial charge on any atom is 0.337 e. The van der Waals surface area contributed by atoms with Crippen LogP contribution >= 0.6 is 11.3 Å². The average molecular weight is 448 g/mol. The molecule has 1 amide bonds. The van der Waals surface area contributed by atoms with Gasteiger partial charge in [-0.05, 0) is 17.5 Å². The van der Waals surface area contributed by atoms with Crippen LogP contribution in [0, 0.1) is 0 Å². The first kappa shape index (κ1) is 21.5. The van der Waals surface area contributed by atoms with Gasteiger partial charge in [-0.15, -0.1) is 11.3 Å². The van der Waals surface area contributed by atoms with Gasteiger partial charge in [0.2, 0.25) is 5.91 Å². The standard InChI is InChI=1S/C24H21N3O4S/c28-20(25-12-11-16-7-3-1-4-8-16)14-27-19(13-17-9-5-2-6-10-17)26-22-21(23(27)29)18(15-32-22)24(30)31/h1-10,15H,11-14H2,(H,25,28)(H,30,31). The molecular formula is C24H21N3O4S. The number of nitrogens with zero attached hydrogens (tertiary/aromatic N) is 2. The predicted molar refractivity (Wildman–Crippen MR) is 123 cm³/mol. The van der Waals surface area contributed by atoms with Crippen molar-refractivity contribution in [3.05, 3.63) is 98.9 Å². The molecule has 4 aromatic rings. The van der Waals surface area contributed by atoms with Crippen LogP contribution in [0.1, 0.15) is 27.3 Å². The molecule has 0 bridgehead atoms. The molecule has 8 heteroatoms. The van der Waals surface area contributed by atoms with E-state index in [0.29, 0.717) is 30.0 Å². The third-order valence-corrected chi connectivity index (χ3v) is 5.96. The number of carboxylic acids is 1. The van der Waals surface area contributed by atoms with E-state index in [1.165, 1.54) is 9.95 Å². The molecule has 32 heavy (non-hydrogen) atoms. The van der Waals surface area contributed by atoms with Gasteiger partial charge in [-0.25, -0.2) is 9.78 Å². The number of hydrogen-bond acceptors (Lipinski definition) is 5. The van der Waals surface area contributed by atoms with Crippen LogP contribution in [0.5, 0.6) is 0 Å². The van der Waals surface area contributed by atoms with Gasteiger partial charge in [0.05, 0.1) is 10.9 Å². The summed E-state index contributed by atoms with van der Waals surface area (Å²) in [5.74, 6) is -1.10. The van der Waals surface area contributed by atoms with E-state index in [0.717, 1.165) is 22.5 Å². The van der Waals surface area contributed by atoms with Crippen molar-refractivity contribution in [3.63, 3.8) is 0 Å². The molecule has 0 spiro atoms. The molecule has 2 heterocycles. The lowest BCUT2D eigenvalue weighted by Crippen LogP contribution is -2.35. The van der Waals surface area contributed by atoms with Crippen LogP contribution in [-0.4, -0.2) is 33.1 Å². The molecule has 2 N–H and O–H groups in total. The summed E-state index contributed by atoms with van der Waals surface area (Å²) in [5.41, 5.74) is 1.43. The number of amides is 1. The highest BCUT2D eigenvalue weighted by atomic mass is 32.1. The number of rotatable bonds is 8. The second-order valence-electron chi connectivity index (χ2n) is 7.30. The van der Waals surface area contributed by atoms with E-state index in [-0.39, 0.29) is 23.4 Å². The van der Waals surface area contributed by atoms with E-state index in [2.05, 4.69) is 10.3 Å². The summed E-state index contributed by atoms with van der Waals surface area (Å²) >= 11 is 1.11. The number of fused-ring (bicyclic) bond motifs is 1. The fraction of sp³-hybridized carbons (Fsp3) is 0.167. The first-order chi connectivity index (χ1) is 15.5. The van der Waals surface area contributed by atoms with Gasteiger partial charge >= 0.3 is 5.97 Å². The van der Waals surface area contributed by atoms with Crippen LogP contribution < -0.4 is 10.9 Å². The quantitative estimate of drug-likeness (QED) is 0.432. The van der Waals surface area contributed by atoms with Gasteiger partial charge in [0.25, 0.3) is 5.56 Å². The number of carbonyl (C=O) groups is 2. The van der Waals surface area contributed by atoms with Gasteiger partial charge in [-0.2, -0.15) is 0 Å². The molecule has 4 rings (SSSR count). The fourth-order valence-electron chi connectivity index (χ4n) is 3.49. The Morgan fingerprint density at radius 2 is 1.66 bits per heavy atom. The molecule has 0 aliphatic heterocycles. The lowest BCUT2D eigenvalue weighted by molar-refractivity contribution is -0.121. The summed E-state index contributed by atoms with van der Waals surface area (Å²) in [6.45, 7) is 0.202. The van der Waals surface area contributed by atoms with Crippen molar-refractivity contribution in [1.29, 1.82) is 0 Å². The highest BCUT2D eigenvalue weighted by Gasteiger charge is 2.21. The minimum absolute atomic E-state index is 0.0383. The van der Waals surface area contributed by atoms with Crippen molar-refractivity contribution in [2.75, 3.05) is 6.54 Å². The van der Waals surface area contributed by atoms with Gasteiger partial charge < -0.3 is 10.4 Å². The molecule has 162 valence electrons. The fourth-order valence-corrected chi connectivity index (χ4v) is 4.41. The second-order valence-corrected chi connectivity index (χ2v) is 8.16. The lowest BCUT2D eigenvalue weighted by atomic mass is 10.1. The zero-order chi connectivity index (χ0) is 22.5. The van der Waals surface area contributed by atoms with E-state index in [9.17, 15) is 19.5 Å².